The maximum Gasteiger partial charge on any atom is 0.228 e. The van der Waals surface area contributed by atoms with Crippen LogP contribution in [0.1, 0.15) is 32.8 Å². The Morgan fingerprint density at radius 1 is 1.12 bits per heavy atom. The monoisotopic (exact) mass is 231 g/mol. The minimum atomic E-state index is -0.266. The van der Waals surface area contributed by atoms with E-state index in [-0.39, 0.29) is 16.7 Å². The summed E-state index contributed by atoms with van der Waals surface area (Å²) in [6.45, 7) is 7.16. The van der Waals surface area contributed by atoms with Gasteiger partial charge in [0.2, 0.25) is 5.91 Å². The van der Waals surface area contributed by atoms with Crippen molar-refractivity contribution in [1.82, 2.24) is 4.90 Å². The average molecular weight is 231 g/mol. The second kappa shape index (κ2) is 3.86. The molecule has 2 heteroatoms. The second-order valence-electron chi connectivity index (χ2n) is 6.15. The molecule has 2 nitrogen and oxygen atoms in total. The van der Waals surface area contributed by atoms with Crippen LogP contribution in [0.2, 0.25) is 0 Å². The molecular formula is C15H21NO. The Bertz CT molecular complexity index is 424. The third-order valence-corrected chi connectivity index (χ3v) is 3.81. The van der Waals surface area contributed by atoms with E-state index in [0.29, 0.717) is 0 Å². The molecule has 1 aliphatic rings. The summed E-state index contributed by atoms with van der Waals surface area (Å²) in [5.41, 5.74) is 1.12. The number of carbonyl (C=O) groups is 1. The van der Waals surface area contributed by atoms with Crippen LogP contribution in [0, 0.1) is 5.41 Å². The van der Waals surface area contributed by atoms with Crippen LogP contribution in [0.25, 0.3) is 0 Å². The molecule has 0 spiro atoms. The fourth-order valence-electron chi connectivity index (χ4n) is 3.25. The predicted octanol–water partition coefficient (Wildman–Crippen LogP) is 2.83. The van der Waals surface area contributed by atoms with Crippen LogP contribution < -0.4 is 0 Å². The van der Waals surface area contributed by atoms with Gasteiger partial charge in [0.15, 0.2) is 0 Å². The average Bonchev–Trinajstić information content (AvgIpc) is 2.26. The summed E-state index contributed by atoms with van der Waals surface area (Å²) in [6, 6.07) is 10.5. The molecule has 1 atom stereocenters. The molecule has 92 valence electrons. The quantitative estimate of drug-likeness (QED) is 0.728. The number of hydrogen-bond acceptors (Lipinski definition) is 1. The van der Waals surface area contributed by atoms with Crippen molar-refractivity contribution < 1.29 is 4.79 Å². The van der Waals surface area contributed by atoms with Crippen molar-refractivity contribution in [2.75, 3.05) is 13.6 Å². The molecule has 1 saturated heterocycles. The molecule has 1 heterocycles. The van der Waals surface area contributed by atoms with Crippen molar-refractivity contribution in [2.45, 2.75) is 32.6 Å². The van der Waals surface area contributed by atoms with Crippen LogP contribution in [-0.2, 0) is 10.2 Å². The van der Waals surface area contributed by atoms with Crippen molar-refractivity contribution in [2.24, 2.45) is 5.41 Å². The Labute approximate surface area is 104 Å². The Hall–Kier alpha value is -1.31. The van der Waals surface area contributed by atoms with E-state index in [1.54, 1.807) is 0 Å². The Morgan fingerprint density at radius 3 is 2.24 bits per heavy atom. The second-order valence-corrected chi connectivity index (χ2v) is 6.15. The maximum absolute atomic E-state index is 12.1. The number of amides is 1. The highest BCUT2D eigenvalue weighted by atomic mass is 16.2. The predicted molar refractivity (Wildman–Crippen MR) is 69.8 cm³/mol. The zero-order valence-corrected chi connectivity index (χ0v) is 11.2. The molecule has 2 rings (SSSR count). The van der Waals surface area contributed by atoms with E-state index >= 15 is 0 Å². The van der Waals surface area contributed by atoms with Crippen LogP contribution in [0.4, 0.5) is 0 Å². The van der Waals surface area contributed by atoms with Gasteiger partial charge in [0.05, 0.1) is 0 Å². The number of likely N-dealkylation sites (tertiary alicyclic amines) is 1. The van der Waals surface area contributed by atoms with Gasteiger partial charge in [0, 0.05) is 24.4 Å². The van der Waals surface area contributed by atoms with Crippen molar-refractivity contribution in [3.8, 4) is 0 Å². The Balaban J connectivity index is 2.37. The van der Waals surface area contributed by atoms with E-state index in [4.69, 9.17) is 0 Å². The van der Waals surface area contributed by atoms with E-state index < -0.39 is 0 Å². The van der Waals surface area contributed by atoms with Gasteiger partial charge in [-0.1, -0.05) is 51.1 Å². The van der Waals surface area contributed by atoms with Gasteiger partial charge in [0.25, 0.3) is 0 Å². The molecule has 0 saturated carbocycles. The summed E-state index contributed by atoms with van der Waals surface area (Å²) in [6.07, 6.45) is 0.910. The molecule has 1 fully saturated rings. The fourth-order valence-corrected chi connectivity index (χ4v) is 3.25. The molecule has 17 heavy (non-hydrogen) atoms. The fraction of sp³-hybridized carbons (Fsp3) is 0.533. The van der Waals surface area contributed by atoms with Crippen molar-refractivity contribution >= 4 is 5.91 Å². The minimum Gasteiger partial charge on any atom is -0.344 e. The van der Waals surface area contributed by atoms with Gasteiger partial charge >= 0.3 is 0 Å². The summed E-state index contributed by atoms with van der Waals surface area (Å²) in [5.74, 6) is 0.255. The van der Waals surface area contributed by atoms with Crippen molar-refractivity contribution in [3.63, 3.8) is 0 Å². The first kappa shape index (κ1) is 12.2. The molecule has 0 radical (unpaired) electrons. The summed E-state index contributed by atoms with van der Waals surface area (Å²) in [5, 5.41) is 0. The molecule has 0 bridgehead atoms. The SMILES string of the molecule is CN1CC(C)(c2ccccc2)CC(C)(C)C1=O. The zero-order chi connectivity index (χ0) is 12.7. The highest BCUT2D eigenvalue weighted by Crippen LogP contribution is 2.42. The highest BCUT2D eigenvalue weighted by molar-refractivity contribution is 5.83. The third kappa shape index (κ3) is 2.08. The first-order valence-electron chi connectivity index (χ1n) is 6.16. The number of rotatable bonds is 1. The van der Waals surface area contributed by atoms with Crippen LogP contribution in [-0.4, -0.2) is 24.4 Å². The first-order valence-corrected chi connectivity index (χ1v) is 6.16. The number of carbonyl (C=O) groups excluding carboxylic acids is 1. The molecule has 0 aromatic heterocycles. The normalized spacial score (nSPS) is 28.2. The molecule has 1 unspecified atom stereocenters. The standard InChI is InChI=1S/C15H21NO/c1-14(2)10-15(3,11-16(4)13(14)17)12-8-6-5-7-9-12/h5-9H,10-11H2,1-4H3. The van der Waals surface area contributed by atoms with Crippen molar-refractivity contribution in [3.05, 3.63) is 35.9 Å². The van der Waals surface area contributed by atoms with Gasteiger partial charge in [0.1, 0.15) is 0 Å². The molecule has 0 N–H and O–H groups in total. The lowest BCUT2D eigenvalue weighted by Crippen LogP contribution is -2.53. The number of nitrogens with zero attached hydrogens (tertiary/aromatic N) is 1. The number of benzene rings is 1. The largest absolute Gasteiger partial charge is 0.344 e. The molecule has 1 aliphatic heterocycles. The Kier molecular flexibility index (Phi) is 2.76. The first-order chi connectivity index (χ1) is 7.85. The lowest BCUT2D eigenvalue weighted by Gasteiger charge is -2.46. The van der Waals surface area contributed by atoms with Crippen LogP contribution >= 0.6 is 0 Å². The van der Waals surface area contributed by atoms with E-state index in [1.807, 2.05) is 31.9 Å². The van der Waals surface area contributed by atoms with Gasteiger partial charge in [-0.15, -0.1) is 0 Å². The lowest BCUT2D eigenvalue weighted by molar-refractivity contribution is -0.145. The van der Waals surface area contributed by atoms with Gasteiger partial charge in [-0.25, -0.2) is 0 Å². The minimum absolute atomic E-state index is 0.0629. The third-order valence-electron chi connectivity index (χ3n) is 3.81. The topological polar surface area (TPSA) is 20.3 Å². The van der Waals surface area contributed by atoms with Crippen LogP contribution in [0.3, 0.4) is 0 Å². The smallest absolute Gasteiger partial charge is 0.228 e. The van der Waals surface area contributed by atoms with E-state index in [9.17, 15) is 4.79 Å². The van der Waals surface area contributed by atoms with Gasteiger partial charge in [-0.3, -0.25) is 4.79 Å². The summed E-state index contributed by atoms with van der Waals surface area (Å²) in [7, 11) is 1.91. The zero-order valence-electron chi connectivity index (χ0n) is 11.2. The maximum atomic E-state index is 12.1. The molecule has 0 aliphatic carbocycles. The number of likely N-dealkylation sites (N-methyl/N-ethyl adjacent to an activating group) is 1. The van der Waals surface area contributed by atoms with E-state index in [0.717, 1.165) is 13.0 Å². The molecule has 1 aromatic rings. The summed E-state index contributed by atoms with van der Waals surface area (Å²) < 4.78 is 0. The number of hydrogen-bond donors (Lipinski definition) is 0. The van der Waals surface area contributed by atoms with Gasteiger partial charge < -0.3 is 4.90 Å². The number of piperidine rings is 1. The summed E-state index contributed by atoms with van der Waals surface area (Å²) >= 11 is 0. The molecular weight excluding hydrogens is 210 g/mol. The molecule has 1 aromatic carbocycles. The summed E-state index contributed by atoms with van der Waals surface area (Å²) in [4.78, 5) is 14.0. The lowest BCUT2D eigenvalue weighted by atomic mass is 9.66. The van der Waals surface area contributed by atoms with Crippen LogP contribution in [0.5, 0.6) is 0 Å². The van der Waals surface area contributed by atoms with E-state index in [1.165, 1.54) is 5.56 Å². The van der Waals surface area contributed by atoms with Gasteiger partial charge in [-0.05, 0) is 12.0 Å². The van der Waals surface area contributed by atoms with Crippen molar-refractivity contribution in [1.29, 1.82) is 0 Å². The molecule has 1 amide bonds. The van der Waals surface area contributed by atoms with Gasteiger partial charge in [-0.2, -0.15) is 0 Å². The van der Waals surface area contributed by atoms with Crippen LogP contribution in [0.15, 0.2) is 30.3 Å². The Morgan fingerprint density at radius 2 is 1.71 bits per heavy atom. The highest BCUT2D eigenvalue weighted by Gasteiger charge is 2.45. The van der Waals surface area contributed by atoms with E-state index in [2.05, 4.69) is 31.2 Å².